The van der Waals surface area contributed by atoms with Gasteiger partial charge in [-0.05, 0) is 30.9 Å². The second-order valence-electron chi connectivity index (χ2n) is 5.34. The molecule has 0 saturated heterocycles. The summed E-state index contributed by atoms with van der Waals surface area (Å²) in [6.45, 7) is 1.68. The third-order valence-electron chi connectivity index (χ3n) is 3.89. The Hall–Kier alpha value is -1.55. The fraction of sp³-hybridized carbons (Fsp3) is 0.533. The maximum absolute atomic E-state index is 11.9. The van der Waals surface area contributed by atoms with E-state index in [0.29, 0.717) is 12.6 Å². The average Bonchev–Trinajstić information content (AvgIpc) is 3.17. The summed E-state index contributed by atoms with van der Waals surface area (Å²) in [5.41, 5.74) is 2.63. The van der Waals surface area contributed by atoms with Crippen LogP contribution >= 0.6 is 0 Å². The third-order valence-corrected chi connectivity index (χ3v) is 3.89. The van der Waals surface area contributed by atoms with Crippen LogP contribution in [0.2, 0.25) is 0 Å². The Morgan fingerprint density at radius 1 is 1.47 bits per heavy atom. The Balaban J connectivity index is 1.70. The van der Waals surface area contributed by atoms with Crippen LogP contribution in [0.3, 0.4) is 0 Å². The predicted molar refractivity (Wildman–Crippen MR) is 74.3 cm³/mol. The molecule has 1 aliphatic carbocycles. The molecular weight excluding hydrogens is 240 g/mol. The van der Waals surface area contributed by atoms with E-state index in [-0.39, 0.29) is 12.0 Å². The van der Waals surface area contributed by atoms with Gasteiger partial charge in [0.15, 0.2) is 0 Å². The number of fused-ring (bicyclic) bond motifs is 1. The van der Waals surface area contributed by atoms with E-state index in [0.717, 1.165) is 13.0 Å². The molecule has 0 radical (unpaired) electrons. The lowest BCUT2D eigenvalue weighted by Gasteiger charge is -2.25. The van der Waals surface area contributed by atoms with Crippen molar-refractivity contribution in [3.63, 3.8) is 0 Å². The summed E-state index contributed by atoms with van der Waals surface area (Å²) >= 11 is 0. The number of hydrogen-bond acceptors (Lipinski definition) is 4. The van der Waals surface area contributed by atoms with Gasteiger partial charge in [0.25, 0.3) is 0 Å². The van der Waals surface area contributed by atoms with Gasteiger partial charge >= 0.3 is 5.97 Å². The van der Waals surface area contributed by atoms with Crippen LogP contribution in [-0.2, 0) is 16.0 Å². The minimum atomic E-state index is -0.219. The number of anilines is 1. The molecule has 19 heavy (non-hydrogen) atoms. The first kappa shape index (κ1) is 12.5. The zero-order chi connectivity index (χ0) is 13.2. The zero-order valence-electron chi connectivity index (χ0n) is 11.3. The standard InChI is InChI=1S/C15H20N2O2/c1-19-15(18)13(16-12-6-7-12)10-17-9-8-11-4-2-3-5-14(11)17/h2-5,12-13,16H,6-10H2,1H3. The second-order valence-corrected chi connectivity index (χ2v) is 5.34. The molecule has 102 valence electrons. The molecule has 1 aromatic rings. The summed E-state index contributed by atoms with van der Waals surface area (Å²) in [5, 5.41) is 3.38. The van der Waals surface area contributed by atoms with E-state index >= 15 is 0 Å². The van der Waals surface area contributed by atoms with Crippen LogP contribution in [0.4, 0.5) is 5.69 Å². The van der Waals surface area contributed by atoms with Crippen molar-refractivity contribution in [2.24, 2.45) is 0 Å². The van der Waals surface area contributed by atoms with E-state index in [4.69, 9.17) is 4.74 Å². The second kappa shape index (κ2) is 5.21. The molecule has 0 spiro atoms. The monoisotopic (exact) mass is 260 g/mol. The Labute approximate surface area is 113 Å². The largest absolute Gasteiger partial charge is 0.468 e. The summed E-state index contributed by atoms with van der Waals surface area (Å²) in [4.78, 5) is 14.1. The number of carbonyl (C=O) groups excluding carboxylic acids is 1. The number of para-hydroxylation sites is 1. The van der Waals surface area contributed by atoms with Gasteiger partial charge < -0.3 is 15.0 Å². The molecule has 1 saturated carbocycles. The van der Waals surface area contributed by atoms with Gasteiger partial charge in [-0.1, -0.05) is 18.2 Å². The van der Waals surface area contributed by atoms with Gasteiger partial charge in [0.2, 0.25) is 0 Å². The summed E-state index contributed by atoms with van der Waals surface area (Å²) in [6.07, 6.45) is 3.40. The van der Waals surface area contributed by atoms with E-state index < -0.39 is 0 Å². The lowest BCUT2D eigenvalue weighted by Crippen LogP contribution is -2.47. The van der Waals surface area contributed by atoms with Gasteiger partial charge in [0.1, 0.15) is 6.04 Å². The van der Waals surface area contributed by atoms with Gasteiger partial charge in [0, 0.05) is 24.8 Å². The summed E-state index contributed by atoms with van der Waals surface area (Å²) in [6, 6.07) is 8.71. The third kappa shape index (κ3) is 2.73. The van der Waals surface area contributed by atoms with Crippen molar-refractivity contribution < 1.29 is 9.53 Å². The molecule has 1 atom stereocenters. The van der Waals surface area contributed by atoms with Crippen LogP contribution in [0.5, 0.6) is 0 Å². The number of methoxy groups -OCH3 is 1. The Kier molecular flexibility index (Phi) is 3.42. The minimum absolute atomic E-state index is 0.156. The van der Waals surface area contributed by atoms with Crippen molar-refractivity contribution in [2.45, 2.75) is 31.3 Å². The molecule has 1 aromatic carbocycles. The first-order chi connectivity index (χ1) is 9.28. The number of nitrogens with zero attached hydrogens (tertiary/aromatic N) is 1. The molecule has 4 nitrogen and oxygen atoms in total. The Morgan fingerprint density at radius 2 is 2.26 bits per heavy atom. The molecule has 0 bridgehead atoms. The van der Waals surface area contributed by atoms with Crippen molar-refractivity contribution in [1.82, 2.24) is 5.32 Å². The van der Waals surface area contributed by atoms with Crippen molar-refractivity contribution in [3.05, 3.63) is 29.8 Å². The quantitative estimate of drug-likeness (QED) is 0.811. The molecule has 1 unspecified atom stereocenters. The lowest BCUT2D eigenvalue weighted by molar-refractivity contribution is -0.142. The van der Waals surface area contributed by atoms with Crippen LogP contribution in [0, 0.1) is 0 Å². The van der Waals surface area contributed by atoms with E-state index in [1.54, 1.807) is 0 Å². The average molecular weight is 260 g/mol. The molecule has 0 amide bonds. The van der Waals surface area contributed by atoms with Crippen LogP contribution in [-0.4, -0.2) is 38.3 Å². The highest BCUT2D eigenvalue weighted by Gasteiger charge is 2.31. The van der Waals surface area contributed by atoms with Crippen LogP contribution < -0.4 is 10.2 Å². The zero-order valence-corrected chi connectivity index (χ0v) is 11.3. The van der Waals surface area contributed by atoms with Crippen LogP contribution in [0.15, 0.2) is 24.3 Å². The molecule has 0 aromatic heterocycles. The maximum atomic E-state index is 11.9. The van der Waals surface area contributed by atoms with Crippen molar-refractivity contribution in [3.8, 4) is 0 Å². The SMILES string of the molecule is COC(=O)C(CN1CCc2ccccc21)NC1CC1. The number of nitrogens with one attached hydrogen (secondary N) is 1. The van der Waals surface area contributed by atoms with E-state index in [9.17, 15) is 4.79 Å². The molecule has 1 fully saturated rings. The Morgan fingerprint density at radius 3 is 3.00 bits per heavy atom. The normalized spacial score (nSPS) is 19.1. The molecule has 4 heteroatoms. The molecule has 1 heterocycles. The van der Waals surface area contributed by atoms with E-state index in [1.807, 2.05) is 0 Å². The maximum Gasteiger partial charge on any atom is 0.324 e. The topological polar surface area (TPSA) is 41.6 Å². The minimum Gasteiger partial charge on any atom is -0.468 e. The van der Waals surface area contributed by atoms with Crippen LogP contribution in [0.25, 0.3) is 0 Å². The smallest absolute Gasteiger partial charge is 0.324 e. The van der Waals surface area contributed by atoms with Gasteiger partial charge in [-0.2, -0.15) is 0 Å². The van der Waals surface area contributed by atoms with Crippen LogP contribution in [0.1, 0.15) is 18.4 Å². The first-order valence-corrected chi connectivity index (χ1v) is 6.94. The van der Waals surface area contributed by atoms with Crippen molar-refractivity contribution in [2.75, 3.05) is 25.1 Å². The molecular formula is C15H20N2O2. The van der Waals surface area contributed by atoms with E-state index in [1.165, 1.54) is 31.2 Å². The Bertz CT molecular complexity index is 471. The highest BCUT2D eigenvalue weighted by Crippen LogP contribution is 2.28. The number of ether oxygens (including phenoxy) is 1. The fourth-order valence-corrected chi connectivity index (χ4v) is 2.69. The number of esters is 1. The van der Waals surface area contributed by atoms with Gasteiger partial charge in [0.05, 0.1) is 7.11 Å². The molecule has 1 aliphatic heterocycles. The van der Waals surface area contributed by atoms with E-state index in [2.05, 4.69) is 34.5 Å². The first-order valence-electron chi connectivity index (χ1n) is 6.94. The number of benzene rings is 1. The summed E-state index contributed by atoms with van der Waals surface area (Å²) in [5.74, 6) is -0.156. The summed E-state index contributed by atoms with van der Waals surface area (Å²) in [7, 11) is 1.46. The van der Waals surface area contributed by atoms with Gasteiger partial charge in [-0.3, -0.25) is 4.79 Å². The highest BCUT2D eigenvalue weighted by molar-refractivity contribution is 5.77. The highest BCUT2D eigenvalue weighted by atomic mass is 16.5. The number of hydrogen-bond donors (Lipinski definition) is 1. The lowest BCUT2D eigenvalue weighted by atomic mass is 10.2. The van der Waals surface area contributed by atoms with Crippen molar-refractivity contribution >= 4 is 11.7 Å². The number of rotatable bonds is 5. The predicted octanol–water partition coefficient (Wildman–Crippen LogP) is 1.34. The fourth-order valence-electron chi connectivity index (χ4n) is 2.69. The van der Waals surface area contributed by atoms with Gasteiger partial charge in [-0.15, -0.1) is 0 Å². The van der Waals surface area contributed by atoms with Crippen molar-refractivity contribution in [1.29, 1.82) is 0 Å². The molecule has 1 N–H and O–H groups in total. The molecule has 3 rings (SSSR count). The molecule has 2 aliphatic rings. The van der Waals surface area contributed by atoms with Gasteiger partial charge in [-0.25, -0.2) is 0 Å². The summed E-state index contributed by atoms with van der Waals surface area (Å²) < 4.78 is 4.91. The number of carbonyl (C=O) groups is 1.